The molecule has 1 fully saturated rings. The number of methoxy groups -OCH3 is 1. The third-order valence-corrected chi connectivity index (χ3v) is 5.61. The predicted molar refractivity (Wildman–Crippen MR) is 91.4 cm³/mol. The molecule has 0 saturated carbocycles. The Morgan fingerprint density at radius 1 is 1.21 bits per heavy atom. The lowest BCUT2D eigenvalue weighted by Crippen LogP contribution is -2.39. The van der Waals surface area contributed by atoms with Gasteiger partial charge in [-0.1, -0.05) is 6.07 Å². The summed E-state index contributed by atoms with van der Waals surface area (Å²) in [5, 5.41) is 0. The van der Waals surface area contributed by atoms with Crippen LogP contribution in [-0.2, 0) is 6.42 Å². The van der Waals surface area contributed by atoms with Crippen LogP contribution in [0.2, 0.25) is 0 Å². The molecule has 0 N–H and O–H groups in total. The number of hydrogen-bond acceptors (Lipinski definition) is 3. The monoisotopic (exact) mass is 325 g/mol. The van der Waals surface area contributed by atoms with E-state index in [4.69, 9.17) is 9.15 Å². The fourth-order valence-corrected chi connectivity index (χ4v) is 4.29. The first kappa shape index (κ1) is 15.3. The van der Waals surface area contributed by atoms with Crippen molar-refractivity contribution >= 4 is 5.91 Å². The van der Waals surface area contributed by atoms with Gasteiger partial charge < -0.3 is 14.1 Å². The average Bonchev–Trinajstić information content (AvgIpc) is 3.30. The van der Waals surface area contributed by atoms with E-state index in [1.54, 1.807) is 25.5 Å². The molecule has 2 aromatic rings. The Morgan fingerprint density at radius 2 is 2.04 bits per heavy atom. The Balaban J connectivity index is 1.43. The van der Waals surface area contributed by atoms with Crippen molar-refractivity contribution in [3.05, 3.63) is 53.5 Å². The summed E-state index contributed by atoms with van der Waals surface area (Å²) in [5.41, 5.74) is 2.93. The van der Waals surface area contributed by atoms with E-state index in [-0.39, 0.29) is 5.91 Å². The van der Waals surface area contributed by atoms with E-state index in [1.165, 1.54) is 17.5 Å². The van der Waals surface area contributed by atoms with Crippen LogP contribution in [-0.4, -0.2) is 31.0 Å². The van der Waals surface area contributed by atoms with Gasteiger partial charge in [-0.25, -0.2) is 0 Å². The topological polar surface area (TPSA) is 42.7 Å². The molecule has 0 radical (unpaired) electrons. The van der Waals surface area contributed by atoms with Crippen molar-refractivity contribution in [1.82, 2.24) is 4.90 Å². The van der Waals surface area contributed by atoms with Crippen LogP contribution < -0.4 is 4.74 Å². The van der Waals surface area contributed by atoms with Gasteiger partial charge in [0, 0.05) is 13.1 Å². The SMILES string of the molecule is COc1ccc2c(c1)C(C1CCN(C(=O)c3ccco3)CC1)CC2. The Labute approximate surface area is 142 Å². The van der Waals surface area contributed by atoms with Crippen molar-refractivity contribution in [2.24, 2.45) is 5.92 Å². The molecule has 1 saturated heterocycles. The Bertz CT molecular complexity index is 714. The molecular formula is C20H23NO3. The summed E-state index contributed by atoms with van der Waals surface area (Å²) in [6, 6.07) is 10.00. The summed E-state index contributed by atoms with van der Waals surface area (Å²) < 4.78 is 10.6. The van der Waals surface area contributed by atoms with Crippen LogP contribution in [0.5, 0.6) is 5.75 Å². The Hall–Kier alpha value is -2.23. The molecule has 1 aromatic heterocycles. The maximum atomic E-state index is 12.4. The number of fused-ring (bicyclic) bond motifs is 1. The number of furan rings is 1. The standard InChI is InChI=1S/C20H23NO3/c1-23-16-6-4-14-5-7-17(18(14)13-16)15-8-10-21(11-9-15)20(22)19-3-2-12-24-19/h2-4,6,12-13,15,17H,5,7-11H2,1H3. The van der Waals surface area contributed by atoms with Crippen molar-refractivity contribution in [1.29, 1.82) is 0 Å². The molecule has 0 spiro atoms. The number of aryl methyl sites for hydroxylation is 1. The maximum absolute atomic E-state index is 12.4. The lowest BCUT2D eigenvalue weighted by molar-refractivity contribution is 0.0645. The first-order chi connectivity index (χ1) is 11.8. The van der Waals surface area contributed by atoms with Crippen LogP contribution in [0.1, 0.15) is 46.9 Å². The maximum Gasteiger partial charge on any atom is 0.289 e. The molecule has 126 valence electrons. The zero-order chi connectivity index (χ0) is 16.5. The number of hydrogen-bond donors (Lipinski definition) is 0. The van der Waals surface area contributed by atoms with Gasteiger partial charge in [0.25, 0.3) is 5.91 Å². The van der Waals surface area contributed by atoms with Crippen LogP contribution in [0.25, 0.3) is 0 Å². The van der Waals surface area contributed by atoms with Crippen molar-refractivity contribution in [3.63, 3.8) is 0 Å². The van der Waals surface area contributed by atoms with Crippen LogP contribution >= 0.6 is 0 Å². The van der Waals surface area contributed by atoms with Crippen molar-refractivity contribution in [2.75, 3.05) is 20.2 Å². The van der Waals surface area contributed by atoms with Gasteiger partial charge in [0.15, 0.2) is 5.76 Å². The number of carbonyl (C=O) groups excluding carboxylic acids is 1. The highest BCUT2D eigenvalue weighted by Gasteiger charge is 2.34. The van der Waals surface area contributed by atoms with Gasteiger partial charge in [-0.05, 0) is 72.9 Å². The van der Waals surface area contributed by atoms with Crippen molar-refractivity contribution < 1.29 is 13.9 Å². The van der Waals surface area contributed by atoms with E-state index in [9.17, 15) is 4.79 Å². The minimum atomic E-state index is 0.0203. The Morgan fingerprint density at radius 3 is 2.75 bits per heavy atom. The second-order valence-electron chi connectivity index (χ2n) is 6.82. The number of rotatable bonds is 3. The summed E-state index contributed by atoms with van der Waals surface area (Å²) in [6.45, 7) is 1.64. The van der Waals surface area contributed by atoms with E-state index in [1.807, 2.05) is 4.90 Å². The van der Waals surface area contributed by atoms with Gasteiger partial charge in [0.2, 0.25) is 0 Å². The highest BCUT2D eigenvalue weighted by Crippen LogP contribution is 2.43. The summed E-state index contributed by atoms with van der Waals surface area (Å²) >= 11 is 0. The molecule has 4 rings (SSSR count). The van der Waals surface area contributed by atoms with Gasteiger partial charge in [-0.2, -0.15) is 0 Å². The lowest BCUT2D eigenvalue weighted by atomic mass is 9.81. The van der Waals surface area contributed by atoms with Gasteiger partial charge in [0.05, 0.1) is 13.4 Å². The second-order valence-corrected chi connectivity index (χ2v) is 6.82. The predicted octanol–water partition coefficient (Wildman–Crippen LogP) is 3.87. The molecule has 4 nitrogen and oxygen atoms in total. The first-order valence-electron chi connectivity index (χ1n) is 8.76. The zero-order valence-corrected chi connectivity index (χ0v) is 14.0. The molecule has 1 aliphatic carbocycles. The van der Waals surface area contributed by atoms with E-state index >= 15 is 0 Å². The fraction of sp³-hybridized carbons (Fsp3) is 0.450. The molecule has 1 amide bonds. The smallest absolute Gasteiger partial charge is 0.289 e. The first-order valence-corrected chi connectivity index (χ1v) is 8.76. The number of benzene rings is 1. The highest BCUT2D eigenvalue weighted by molar-refractivity contribution is 5.91. The summed E-state index contributed by atoms with van der Waals surface area (Å²) in [5.74, 6) is 2.68. The van der Waals surface area contributed by atoms with Gasteiger partial charge in [-0.15, -0.1) is 0 Å². The zero-order valence-electron chi connectivity index (χ0n) is 14.0. The quantitative estimate of drug-likeness (QED) is 0.860. The van der Waals surface area contributed by atoms with Crippen LogP contribution in [0.4, 0.5) is 0 Å². The molecule has 2 aliphatic rings. The van der Waals surface area contributed by atoms with E-state index in [2.05, 4.69) is 18.2 Å². The minimum Gasteiger partial charge on any atom is -0.497 e. The molecule has 1 aromatic carbocycles. The number of piperidine rings is 1. The number of carbonyl (C=O) groups is 1. The van der Waals surface area contributed by atoms with Crippen LogP contribution in [0.15, 0.2) is 41.0 Å². The Kier molecular flexibility index (Phi) is 4.05. The molecule has 0 bridgehead atoms. The molecule has 1 aliphatic heterocycles. The summed E-state index contributed by atoms with van der Waals surface area (Å²) in [7, 11) is 1.73. The molecular weight excluding hydrogens is 302 g/mol. The summed E-state index contributed by atoms with van der Waals surface area (Å²) in [6.07, 6.45) is 6.07. The number of ether oxygens (including phenoxy) is 1. The van der Waals surface area contributed by atoms with Gasteiger partial charge >= 0.3 is 0 Å². The fourth-order valence-electron chi connectivity index (χ4n) is 4.29. The average molecular weight is 325 g/mol. The number of nitrogens with zero attached hydrogens (tertiary/aromatic N) is 1. The summed E-state index contributed by atoms with van der Waals surface area (Å²) in [4.78, 5) is 14.3. The third kappa shape index (κ3) is 2.70. The third-order valence-electron chi connectivity index (χ3n) is 5.61. The van der Waals surface area contributed by atoms with E-state index < -0.39 is 0 Å². The van der Waals surface area contributed by atoms with Crippen LogP contribution in [0.3, 0.4) is 0 Å². The molecule has 1 atom stereocenters. The number of amides is 1. The minimum absolute atomic E-state index is 0.0203. The van der Waals surface area contributed by atoms with E-state index in [0.717, 1.165) is 38.1 Å². The molecule has 2 heterocycles. The van der Waals surface area contributed by atoms with Crippen molar-refractivity contribution in [3.8, 4) is 5.75 Å². The molecule has 24 heavy (non-hydrogen) atoms. The normalized spacial score (nSPS) is 20.9. The highest BCUT2D eigenvalue weighted by atomic mass is 16.5. The van der Waals surface area contributed by atoms with Gasteiger partial charge in [-0.3, -0.25) is 4.79 Å². The second kappa shape index (κ2) is 6.34. The van der Waals surface area contributed by atoms with E-state index in [0.29, 0.717) is 17.6 Å². The lowest BCUT2D eigenvalue weighted by Gasteiger charge is -2.35. The van der Waals surface area contributed by atoms with Crippen LogP contribution in [0, 0.1) is 5.92 Å². The largest absolute Gasteiger partial charge is 0.497 e. The van der Waals surface area contributed by atoms with Gasteiger partial charge in [0.1, 0.15) is 5.75 Å². The molecule has 4 heteroatoms. The number of likely N-dealkylation sites (tertiary alicyclic amines) is 1. The van der Waals surface area contributed by atoms with Crippen molar-refractivity contribution in [2.45, 2.75) is 31.6 Å². The molecule has 1 unspecified atom stereocenters.